The van der Waals surface area contributed by atoms with Crippen molar-refractivity contribution in [1.29, 1.82) is 0 Å². The quantitative estimate of drug-likeness (QED) is 0.705. The zero-order valence-corrected chi connectivity index (χ0v) is 10.6. The number of hydrogen-bond acceptors (Lipinski definition) is 4. The normalized spacial score (nSPS) is 14.2. The first-order chi connectivity index (χ1) is 7.44. The van der Waals surface area contributed by atoms with Gasteiger partial charge in [0.25, 0.3) is 0 Å². The molecular weight excluding hydrogens is 228 g/mol. The van der Waals surface area contributed by atoms with Gasteiger partial charge in [0.1, 0.15) is 0 Å². The maximum atomic E-state index is 11.5. The highest BCUT2D eigenvalue weighted by Gasteiger charge is 2.20. The molecule has 1 rings (SSSR count). The van der Waals surface area contributed by atoms with Gasteiger partial charge in [0, 0.05) is 24.4 Å². The molecule has 0 aliphatic carbocycles. The Bertz CT molecular complexity index is 399. The smallest absolute Gasteiger partial charge is 0.212 e. The standard InChI is InChI=1S/C9H18N4O2S/c1-10-16(14,15)6-9(13(2)3)4-8-5-11-7-12-8/h5,7,9-10H,4,6H2,1-3H3,(H,11,12). The number of sulfonamides is 1. The molecule has 1 atom stereocenters. The highest BCUT2D eigenvalue weighted by molar-refractivity contribution is 7.89. The van der Waals surface area contributed by atoms with Crippen molar-refractivity contribution in [2.75, 3.05) is 26.9 Å². The van der Waals surface area contributed by atoms with Gasteiger partial charge in [-0.2, -0.15) is 0 Å². The van der Waals surface area contributed by atoms with Crippen LogP contribution in [-0.2, 0) is 16.4 Å². The zero-order valence-electron chi connectivity index (χ0n) is 9.77. The van der Waals surface area contributed by atoms with Crippen LogP contribution in [0, 0.1) is 0 Å². The Balaban J connectivity index is 2.69. The SMILES string of the molecule is CNS(=O)(=O)CC(Cc1cnc[nH]1)N(C)C. The fourth-order valence-corrected chi connectivity index (χ4v) is 2.47. The van der Waals surface area contributed by atoms with Crippen LogP contribution in [0.4, 0.5) is 0 Å². The van der Waals surface area contributed by atoms with Crippen molar-refractivity contribution in [2.45, 2.75) is 12.5 Å². The van der Waals surface area contributed by atoms with Crippen LogP contribution in [0.1, 0.15) is 5.69 Å². The third kappa shape index (κ3) is 3.92. The van der Waals surface area contributed by atoms with Crippen molar-refractivity contribution in [2.24, 2.45) is 0 Å². The molecule has 0 aromatic carbocycles. The van der Waals surface area contributed by atoms with Gasteiger partial charge in [-0.1, -0.05) is 0 Å². The van der Waals surface area contributed by atoms with E-state index >= 15 is 0 Å². The molecule has 0 saturated carbocycles. The molecule has 6 nitrogen and oxygen atoms in total. The molecule has 0 aliphatic rings. The van der Waals surface area contributed by atoms with E-state index in [0.29, 0.717) is 6.42 Å². The third-order valence-electron chi connectivity index (χ3n) is 2.46. The van der Waals surface area contributed by atoms with Gasteiger partial charge in [-0.3, -0.25) is 0 Å². The van der Waals surface area contributed by atoms with Crippen LogP contribution in [0.2, 0.25) is 0 Å². The Kier molecular flexibility index (Phi) is 4.45. The molecule has 16 heavy (non-hydrogen) atoms. The van der Waals surface area contributed by atoms with Crippen LogP contribution in [0.3, 0.4) is 0 Å². The average Bonchev–Trinajstić information content (AvgIpc) is 2.69. The van der Waals surface area contributed by atoms with Crippen LogP contribution in [-0.4, -0.2) is 56.2 Å². The second kappa shape index (κ2) is 5.42. The number of H-pyrrole nitrogens is 1. The molecule has 1 unspecified atom stereocenters. The third-order valence-corrected chi connectivity index (χ3v) is 3.91. The molecule has 0 aliphatic heterocycles. The Hall–Kier alpha value is -0.920. The first-order valence-corrected chi connectivity index (χ1v) is 6.64. The summed E-state index contributed by atoms with van der Waals surface area (Å²) in [4.78, 5) is 8.78. The van der Waals surface area contributed by atoms with Crippen molar-refractivity contribution >= 4 is 10.0 Å². The topological polar surface area (TPSA) is 78.1 Å². The molecule has 2 N–H and O–H groups in total. The summed E-state index contributed by atoms with van der Waals surface area (Å²) in [6.07, 6.45) is 3.94. The molecule has 0 bridgehead atoms. The maximum Gasteiger partial charge on any atom is 0.212 e. The van der Waals surface area contributed by atoms with Crippen LogP contribution < -0.4 is 4.72 Å². The number of nitrogens with one attached hydrogen (secondary N) is 2. The van der Waals surface area contributed by atoms with Gasteiger partial charge >= 0.3 is 0 Å². The monoisotopic (exact) mass is 246 g/mol. The summed E-state index contributed by atoms with van der Waals surface area (Å²) in [7, 11) is 1.97. The fourth-order valence-electron chi connectivity index (χ4n) is 1.38. The number of hydrogen-bond donors (Lipinski definition) is 2. The lowest BCUT2D eigenvalue weighted by molar-refractivity contribution is 0.311. The molecular formula is C9H18N4O2S. The molecule has 0 radical (unpaired) electrons. The molecule has 0 fully saturated rings. The summed E-state index contributed by atoms with van der Waals surface area (Å²) >= 11 is 0. The Morgan fingerprint density at radius 2 is 2.25 bits per heavy atom. The number of imidazole rings is 1. The predicted molar refractivity (Wildman–Crippen MR) is 62.6 cm³/mol. The van der Waals surface area contributed by atoms with E-state index in [1.54, 1.807) is 12.5 Å². The van der Waals surface area contributed by atoms with Crippen LogP contribution >= 0.6 is 0 Å². The van der Waals surface area contributed by atoms with Crippen molar-refractivity contribution in [3.63, 3.8) is 0 Å². The Morgan fingerprint density at radius 1 is 1.56 bits per heavy atom. The van der Waals surface area contributed by atoms with E-state index in [1.165, 1.54) is 7.05 Å². The van der Waals surface area contributed by atoms with Gasteiger partial charge in [-0.05, 0) is 21.1 Å². The summed E-state index contributed by atoms with van der Waals surface area (Å²) in [6.45, 7) is 0. The molecule has 92 valence electrons. The summed E-state index contributed by atoms with van der Waals surface area (Å²) in [5, 5.41) is 0. The number of aromatic nitrogens is 2. The van der Waals surface area contributed by atoms with Crippen LogP contribution in [0.15, 0.2) is 12.5 Å². The van der Waals surface area contributed by atoms with E-state index in [4.69, 9.17) is 0 Å². The summed E-state index contributed by atoms with van der Waals surface area (Å²) in [6, 6.07) is -0.0714. The van der Waals surface area contributed by atoms with Gasteiger partial charge < -0.3 is 9.88 Å². The lowest BCUT2D eigenvalue weighted by Crippen LogP contribution is -2.39. The lowest BCUT2D eigenvalue weighted by Gasteiger charge is -2.23. The van der Waals surface area contributed by atoms with E-state index in [2.05, 4.69) is 14.7 Å². The van der Waals surface area contributed by atoms with Gasteiger partial charge in [-0.25, -0.2) is 18.1 Å². The maximum absolute atomic E-state index is 11.5. The van der Waals surface area contributed by atoms with Crippen molar-refractivity contribution in [1.82, 2.24) is 19.6 Å². The number of rotatable bonds is 6. The molecule has 7 heteroatoms. The van der Waals surface area contributed by atoms with Crippen molar-refractivity contribution in [3.05, 3.63) is 18.2 Å². The largest absolute Gasteiger partial charge is 0.348 e. The highest BCUT2D eigenvalue weighted by Crippen LogP contribution is 2.05. The zero-order chi connectivity index (χ0) is 12.2. The Morgan fingerprint density at radius 3 is 2.69 bits per heavy atom. The van der Waals surface area contributed by atoms with E-state index < -0.39 is 10.0 Å². The van der Waals surface area contributed by atoms with E-state index in [9.17, 15) is 8.42 Å². The average molecular weight is 246 g/mol. The van der Waals surface area contributed by atoms with Gasteiger partial charge in [0.05, 0.1) is 12.1 Å². The minimum absolute atomic E-state index is 0.0714. The van der Waals surface area contributed by atoms with Crippen LogP contribution in [0.25, 0.3) is 0 Å². The predicted octanol–water partition coefficient (Wildman–Crippen LogP) is -0.568. The van der Waals surface area contributed by atoms with Gasteiger partial charge in [0.15, 0.2) is 0 Å². The lowest BCUT2D eigenvalue weighted by atomic mass is 10.2. The molecule has 0 saturated heterocycles. The fraction of sp³-hybridized carbons (Fsp3) is 0.667. The minimum Gasteiger partial charge on any atom is -0.348 e. The number of nitrogens with zero attached hydrogens (tertiary/aromatic N) is 2. The summed E-state index contributed by atoms with van der Waals surface area (Å²) in [5.74, 6) is 0.0789. The van der Waals surface area contributed by atoms with Crippen LogP contribution in [0.5, 0.6) is 0 Å². The first-order valence-electron chi connectivity index (χ1n) is 4.99. The van der Waals surface area contributed by atoms with Crippen molar-refractivity contribution < 1.29 is 8.42 Å². The molecule has 0 spiro atoms. The second-order valence-electron chi connectivity index (χ2n) is 3.88. The molecule has 1 heterocycles. The van der Waals surface area contributed by atoms with Crippen molar-refractivity contribution in [3.8, 4) is 0 Å². The van der Waals surface area contributed by atoms with E-state index in [-0.39, 0.29) is 11.8 Å². The van der Waals surface area contributed by atoms with E-state index in [0.717, 1.165) is 5.69 Å². The number of likely N-dealkylation sites (N-methyl/N-ethyl adjacent to an activating group) is 1. The van der Waals surface area contributed by atoms with E-state index in [1.807, 2.05) is 19.0 Å². The molecule has 1 aromatic heterocycles. The minimum atomic E-state index is -3.19. The van der Waals surface area contributed by atoms with Gasteiger partial charge in [-0.15, -0.1) is 0 Å². The molecule has 0 amide bonds. The summed E-state index contributed by atoms with van der Waals surface area (Å²) in [5.41, 5.74) is 0.935. The van der Waals surface area contributed by atoms with Gasteiger partial charge in [0.2, 0.25) is 10.0 Å². The second-order valence-corrected chi connectivity index (χ2v) is 5.86. The first kappa shape index (κ1) is 13.1. The molecule has 1 aromatic rings. The number of aromatic amines is 1. The highest BCUT2D eigenvalue weighted by atomic mass is 32.2. The Labute approximate surface area is 96.1 Å². The summed E-state index contributed by atoms with van der Waals surface area (Å²) < 4.78 is 25.3.